The van der Waals surface area contributed by atoms with E-state index in [1.807, 2.05) is 54.6 Å². The van der Waals surface area contributed by atoms with Crippen molar-refractivity contribution in [2.45, 2.75) is 6.42 Å². The lowest BCUT2D eigenvalue weighted by atomic mass is 10.1. The Bertz CT molecular complexity index is 835. The molecule has 0 unspecified atom stereocenters. The monoisotopic (exact) mass is 325 g/mol. The Morgan fingerprint density at radius 1 is 1.09 bits per heavy atom. The Morgan fingerprint density at radius 2 is 1.87 bits per heavy atom. The molecule has 5 heteroatoms. The van der Waals surface area contributed by atoms with Gasteiger partial charge in [0.05, 0.1) is 17.4 Å². The van der Waals surface area contributed by atoms with Crippen LogP contribution >= 0.6 is 11.6 Å². The molecule has 0 aliphatic rings. The fraction of sp³-hybridized carbons (Fsp3) is 0.111. The maximum absolute atomic E-state index is 11.9. The minimum Gasteiger partial charge on any atom is -0.338 e. The molecule has 4 nitrogen and oxygen atoms in total. The SMILES string of the molecule is O=C(NCCc1ccccc1Cl)Nc1cnc2ccccc2c1. The number of nitrogens with one attached hydrogen (secondary N) is 2. The summed E-state index contributed by atoms with van der Waals surface area (Å²) in [5, 5.41) is 7.31. The van der Waals surface area contributed by atoms with Gasteiger partial charge >= 0.3 is 6.03 Å². The minimum atomic E-state index is -0.255. The van der Waals surface area contributed by atoms with Gasteiger partial charge < -0.3 is 10.6 Å². The van der Waals surface area contributed by atoms with E-state index in [2.05, 4.69) is 15.6 Å². The summed E-state index contributed by atoms with van der Waals surface area (Å²) in [6.07, 6.45) is 2.33. The van der Waals surface area contributed by atoms with Crippen LogP contribution in [0.15, 0.2) is 60.8 Å². The van der Waals surface area contributed by atoms with Crippen molar-refractivity contribution >= 4 is 34.2 Å². The average Bonchev–Trinajstić information content (AvgIpc) is 2.56. The largest absolute Gasteiger partial charge is 0.338 e. The second-order valence-electron chi connectivity index (χ2n) is 5.14. The van der Waals surface area contributed by atoms with Crippen LogP contribution in [-0.4, -0.2) is 17.6 Å². The van der Waals surface area contributed by atoms with Gasteiger partial charge in [0.1, 0.15) is 0 Å². The number of carbonyl (C=O) groups is 1. The maximum atomic E-state index is 11.9. The van der Waals surface area contributed by atoms with Crippen LogP contribution in [0.25, 0.3) is 10.9 Å². The predicted molar refractivity (Wildman–Crippen MR) is 93.9 cm³/mol. The molecule has 0 spiro atoms. The number of anilines is 1. The number of rotatable bonds is 4. The number of hydrogen-bond donors (Lipinski definition) is 2. The topological polar surface area (TPSA) is 54.0 Å². The van der Waals surface area contributed by atoms with Gasteiger partial charge in [0, 0.05) is 17.0 Å². The Balaban J connectivity index is 1.55. The lowest BCUT2D eigenvalue weighted by Gasteiger charge is -2.09. The van der Waals surface area contributed by atoms with Crippen LogP contribution in [0.2, 0.25) is 5.02 Å². The molecule has 0 atom stereocenters. The van der Waals surface area contributed by atoms with Gasteiger partial charge in [0.2, 0.25) is 0 Å². The van der Waals surface area contributed by atoms with Crippen molar-refractivity contribution < 1.29 is 4.79 Å². The van der Waals surface area contributed by atoms with E-state index in [9.17, 15) is 4.79 Å². The zero-order valence-electron chi connectivity index (χ0n) is 12.4. The van der Waals surface area contributed by atoms with Crippen molar-refractivity contribution in [1.82, 2.24) is 10.3 Å². The highest BCUT2D eigenvalue weighted by Gasteiger charge is 2.04. The number of fused-ring (bicyclic) bond motifs is 1. The summed E-state index contributed by atoms with van der Waals surface area (Å²) in [6, 6.07) is 17.0. The molecule has 2 aromatic carbocycles. The first-order valence-electron chi connectivity index (χ1n) is 7.35. The normalized spacial score (nSPS) is 10.5. The highest BCUT2D eigenvalue weighted by molar-refractivity contribution is 6.31. The molecule has 116 valence electrons. The lowest BCUT2D eigenvalue weighted by Crippen LogP contribution is -2.30. The van der Waals surface area contributed by atoms with E-state index in [0.717, 1.165) is 16.5 Å². The molecule has 0 saturated heterocycles. The minimum absolute atomic E-state index is 0.255. The molecule has 0 bridgehead atoms. The first-order valence-corrected chi connectivity index (χ1v) is 7.73. The van der Waals surface area contributed by atoms with Gasteiger partial charge in [-0.2, -0.15) is 0 Å². The summed E-state index contributed by atoms with van der Waals surface area (Å²) in [5.74, 6) is 0. The van der Waals surface area contributed by atoms with Crippen LogP contribution in [0.4, 0.5) is 10.5 Å². The number of benzene rings is 2. The number of aromatic nitrogens is 1. The van der Waals surface area contributed by atoms with Gasteiger partial charge in [-0.05, 0) is 30.2 Å². The lowest BCUT2D eigenvalue weighted by molar-refractivity contribution is 0.252. The van der Waals surface area contributed by atoms with Crippen molar-refractivity contribution in [3.05, 3.63) is 71.4 Å². The van der Waals surface area contributed by atoms with Crippen LogP contribution in [0.3, 0.4) is 0 Å². The van der Waals surface area contributed by atoms with Crippen LogP contribution in [0, 0.1) is 0 Å². The quantitative estimate of drug-likeness (QED) is 0.753. The van der Waals surface area contributed by atoms with E-state index < -0.39 is 0 Å². The van der Waals surface area contributed by atoms with Crippen molar-refractivity contribution in [3.8, 4) is 0 Å². The molecule has 3 rings (SSSR count). The van der Waals surface area contributed by atoms with Gasteiger partial charge in [-0.3, -0.25) is 4.98 Å². The van der Waals surface area contributed by atoms with E-state index in [0.29, 0.717) is 23.7 Å². The summed E-state index contributed by atoms with van der Waals surface area (Å²) < 4.78 is 0. The van der Waals surface area contributed by atoms with Crippen LogP contribution in [0.1, 0.15) is 5.56 Å². The Labute approximate surface area is 139 Å². The molecule has 0 aliphatic carbocycles. The third kappa shape index (κ3) is 3.99. The molecule has 0 aliphatic heterocycles. The molecule has 3 aromatic rings. The first kappa shape index (κ1) is 15.3. The highest BCUT2D eigenvalue weighted by Crippen LogP contribution is 2.16. The summed E-state index contributed by atoms with van der Waals surface area (Å²) >= 11 is 6.09. The average molecular weight is 326 g/mol. The molecule has 2 amide bonds. The van der Waals surface area contributed by atoms with E-state index in [-0.39, 0.29) is 6.03 Å². The third-order valence-electron chi connectivity index (χ3n) is 3.49. The molecule has 23 heavy (non-hydrogen) atoms. The molecule has 0 radical (unpaired) electrons. The van der Waals surface area contributed by atoms with Crippen LogP contribution < -0.4 is 10.6 Å². The van der Waals surface area contributed by atoms with Gasteiger partial charge in [0.15, 0.2) is 0 Å². The van der Waals surface area contributed by atoms with Gasteiger partial charge in [0.25, 0.3) is 0 Å². The van der Waals surface area contributed by atoms with E-state index in [1.165, 1.54) is 0 Å². The number of pyridine rings is 1. The van der Waals surface area contributed by atoms with Crippen LogP contribution in [0.5, 0.6) is 0 Å². The van der Waals surface area contributed by atoms with E-state index >= 15 is 0 Å². The Kier molecular flexibility index (Phi) is 4.74. The predicted octanol–water partition coefficient (Wildman–Crippen LogP) is 4.25. The standard InChI is InChI=1S/C18H16ClN3O/c19-16-7-3-1-5-13(16)9-10-20-18(23)22-15-11-14-6-2-4-8-17(14)21-12-15/h1-8,11-12H,9-10H2,(H2,20,22,23). The van der Waals surface area contributed by atoms with E-state index in [4.69, 9.17) is 11.6 Å². The summed E-state index contributed by atoms with van der Waals surface area (Å²) in [6.45, 7) is 0.510. The molecule has 0 saturated carbocycles. The number of carbonyl (C=O) groups excluding carboxylic acids is 1. The number of urea groups is 1. The van der Waals surface area contributed by atoms with Crippen molar-refractivity contribution in [2.24, 2.45) is 0 Å². The van der Waals surface area contributed by atoms with Gasteiger partial charge in [-0.15, -0.1) is 0 Å². The third-order valence-corrected chi connectivity index (χ3v) is 3.85. The number of halogens is 1. The number of nitrogens with zero attached hydrogens (tertiary/aromatic N) is 1. The van der Waals surface area contributed by atoms with Crippen molar-refractivity contribution in [2.75, 3.05) is 11.9 Å². The van der Waals surface area contributed by atoms with Crippen molar-refractivity contribution in [3.63, 3.8) is 0 Å². The Hall–Kier alpha value is -2.59. The second-order valence-corrected chi connectivity index (χ2v) is 5.55. The smallest absolute Gasteiger partial charge is 0.319 e. The zero-order chi connectivity index (χ0) is 16.1. The van der Waals surface area contributed by atoms with Crippen LogP contribution in [-0.2, 0) is 6.42 Å². The molecular weight excluding hydrogens is 310 g/mol. The van der Waals surface area contributed by atoms with E-state index in [1.54, 1.807) is 6.20 Å². The zero-order valence-corrected chi connectivity index (χ0v) is 13.2. The fourth-order valence-electron chi connectivity index (χ4n) is 2.33. The highest BCUT2D eigenvalue weighted by atomic mass is 35.5. The first-order chi connectivity index (χ1) is 11.2. The molecule has 1 aromatic heterocycles. The molecule has 0 fully saturated rings. The van der Waals surface area contributed by atoms with Gasteiger partial charge in [-0.25, -0.2) is 4.79 Å². The maximum Gasteiger partial charge on any atom is 0.319 e. The summed E-state index contributed by atoms with van der Waals surface area (Å²) in [5.41, 5.74) is 2.58. The molecular formula is C18H16ClN3O. The fourth-order valence-corrected chi connectivity index (χ4v) is 2.56. The molecule has 1 heterocycles. The molecule has 2 N–H and O–H groups in total. The second kappa shape index (κ2) is 7.11. The van der Waals surface area contributed by atoms with Crippen molar-refractivity contribution in [1.29, 1.82) is 0 Å². The number of para-hydroxylation sites is 1. The Morgan fingerprint density at radius 3 is 2.74 bits per heavy atom. The number of amides is 2. The van der Waals surface area contributed by atoms with Gasteiger partial charge in [-0.1, -0.05) is 48.0 Å². The summed E-state index contributed by atoms with van der Waals surface area (Å²) in [7, 11) is 0. The summed E-state index contributed by atoms with van der Waals surface area (Å²) in [4.78, 5) is 16.3. The number of hydrogen-bond acceptors (Lipinski definition) is 2.